The van der Waals surface area contributed by atoms with Crippen LogP contribution in [-0.2, 0) is 14.4 Å². The molecule has 1 N–H and O–H groups in total. The number of ether oxygens (including phenoxy) is 1. The lowest BCUT2D eigenvalue weighted by Crippen LogP contribution is -2.59. The SMILES string of the molecule is COc1ccc(N2C(=O)NC(=O)[C@@H](C(C)=O)C2=O)cc1. The molecule has 104 valence electrons. The number of hydrogen-bond donors (Lipinski definition) is 1. The molecule has 1 aliphatic rings. The number of ketones is 1. The summed E-state index contributed by atoms with van der Waals surface area (Å²) in [5.41, 5.74) is 0.257. The molecule has 0 aliphatic carbocycles. The number of benzene rings is 1. The molecule has 0 bridgehead atoms. The fraction of sp³-hybridized carbons (Fsp3) is 0.231. The van der Waals surface area contributed by atoms with Gasteiger partial charge in [-0.05, 0) is 31.2 Å². The third-order valence-corrected chi connectivity index (χ3v) is 2.90. The molecule has 1 fully saturated rings. The highest BCUT2D eigenvalue weighted by molar-refractivity contribution is 6.34. The highest BCUT2D eigenvalue weighted by atomic mass is 16.5. The number of barbiturate groups is 1. The lowest BCUT2D eigenvalue weighted by molar-refractivity contribution is -0.140. The van der Waals surface area contributed by atoms with Gasteiger partial charge in [0.25, 0.3) is 5.91 Å². The number of rotatable bonds is 3. The summed E-state index contributed by atoms with van der Waals surface area (Å²) in [5.74, 6) is -3.29. The number of nitrogens with one attached hydrogen (secondary N) is 1. The zero-order valence-electron chi connectivity index (χ0n) is 10.9. The normalized spacial score (nSPS) is 18.8. The van der Waals surface area contributed by atoms with Gasteiger partial charge in [-0.15, -0.1) is 0 Å². The van der Waals surface area contributed by atoms with E-state index in [1.54, 1.807) is 12.1 Å². The Balaban J connectivity index is 2.38. The van der Waals surface area contributed by atoms with E-state index in [4.69, 9.17) is 4.74 Å². The third kappa shape index (κ3) is 2.25. The fourth-order valence-corrected chi connectivity index (χ4v) is 1.91. The van der Waals surface area contributed by atoms with Gasteiger partial charge in [0.05, 0.1) is 12.8 Å². The van der Waals surface area contributed by atoms with Crippen molar-refractivity contribution in [2.75, 3.05) is 12.0 Å². The summed E-state index contributed by atoms with van der Waals surface area (Å²) in [6.45, 7) is 1.13. The first kappa shape index (κ1) is 13.7. The van der Waals surface area contributed by atoms with Crippen LogP contribution < -0.4 is 15.0 Å². The number of amides is 4. The molecule has 20 heavy (non-hydrogen) atoms. The number of methoxy groups -OCH3 is 1. The van der Waals surface area contributed by atoms with E-state index in [-0.39, 0.29) is 5.69 Å². The van der Waals surface area contributed by atoms with Crippen LogP contribution in [0.1, 0.15) is 6.92 Å². The minimum absolute atomic E-state index is 0.257. The highest BCUT2D eigenvalue weighted by Gasteiger charge is 2.43. The average molecular weight is 276 g/mol. The second-order valence-electron chi connectivity index (χ2n) is 4.21. The molecule has 1 heterocycles. The predicted molar refractivity (Wildman–Crippen MR) is 68.2 cm³/mol. The Morgan fingerprint density at radius 2 is 1.80 bits per heavy atom. The van der Waals surface area contributed by atoms with Crippen LogP contribution in [0.3, 0.4) is 0 Å². The first-order valence-corrected chi connectivity index (χ1v) is 5.79. The van der Waals surface area contributed by atoms with Crippen LogP contribution in [0.5, 0.6) is 5.75 Å². The summed E-state index contributed by atoms with van der Waals surface area (Å²) >= 11 is 0. The highest BCUT2D eigenvalue weighted by Crippen LogP contribution is 2.23. The van der Waals surface area contributed by atoms with Gasteiger partial charge in [0.15, 0.2) is 11.7 Å². The van der Waals surface area contributed by atoms with Crippen molar-refractivity contribution < 1.29 is 23.9 Å². The Morgan fingerprint density at radius 1 is 1.20 bits per heavy atom. The predicted octanol–water partition coefficient (Wildman–Crippen LogP) is 0.483. The van der Waals surface area contributed by atoms with Gasteiger partial charge in [0, 0.05) is 0 Å². The molecular formula is C13H12N2O5. The first-order chi connectivity index (χ1) is 9.45. The molecule has 1 aliphatic heterocycles. The number of carbonyl (C=O) groups excluding carboxylic acids is 4. The van der Waals surface area contributed by atoms with Crippen LogP contribution in [0, 0.1) is 5.92 Å². The summed E-state index contributed by atoms with van der Waals surface area (Å²) in [7, 11) is 1.48. The van der Waals surface area contributed by atoms with E-state index in [2.05, 4.69) is 0 Å². The van der Waals surface area contributed by atoms with Crippen LogP contribution >= 0.6 is 0 Å². The van der Waals surface area contributed by atoms with Crippen molar-refractivity contribution in [3.8, 4) is 5.75 Å². The summed E-state index contributed by atoms with van der Waals surface area (Å²) < 4.78 is 4.97. The van der Waals surface area contributed by atoms with Gasteiger partial charge in [0.1, 0.15) is 5.75 Å². The van der Waals surface area contributed by atoms with Crippen molar-refractivity contribution in [1.82, 2.24) is 5.32 Å². The maximum atomic E-state index is 12.1. The van der Waals surface area contributed by atoms with Gasteiger partial charge in [0.2, 0.25) is 5.91 Å². The number of imide groups is 2. The molecule has 0 aromatic heterocycles. The smallest absolute Gasteiger partial charge is 0.335 e. The van der Waals surface area contributed by atoms with Gasteiger partial charge in [-0.1, -0.05) is 0 Å². The summed E-state index contributed by atoms with van der Waals surface area (Å²) in [6.07, 6.45) is 0. The molecule has 1 saturated heterocycles. The average Bonchev–Trinajstić information content (AvgIpc) is 2.38. The second-order valence-corrected chi connectivity index (χ2v) is 4.21. The second kappa shape index (κ2) is 5.12. The zero-order chi connectivity index (χ0) is 14.9. The Morgan fingerprint density at radius 3 is 2.30 bits per heavy atom. The van der Waals surface area contributed by atoms with E-state index in [0.29, 0.717) is 5.75 Å². The van der Waals surface area contributed by atoms with Gasteiger partial charge >= 0.3 is 6.03 Å². The molecular weight excluding hydrogens is 264 g/mol. The first-order valence-electron chi connectivity index (χ1n) is 5.79. The number of nitrogens with zero attached hydrogens (tertiary/aromatic N) is 1. The number of Topliss-reactive ketones (excluding diaryl/α,β-unsaturated/α-hetero) is 1. The van der Waals surface area contributed by atoms with Crippen molar-refractivity contribution in [3.05, 3.63) is 24.3 Å². The molecule has 0 spiro atoms. The largest absolute Gasteiger partial charge is 0.497 e. The van der Waals surface area contributed by atoms with Crippen molar-refractivity contribution in [3.63, 3.8) is 0 Å². The van der Waals surface area contributed by atoms with E-state index >= 15 is 0 Å². The van der Waals surface area contributed by atoms with Gasteiger partial charge in [-0.25, -0.2) is 9.69 Å². The minimum Gasteiger partial charge on any atom is -0.497 e. The van der Waals surface area contributed by atoms with Gasteiger partial charge in [-0.2, -0.15) is 0 Å². The maximum absolute atomic E-state index is 12.1. The number of anilines is 1. The van der Waals surface area contributed by atoms with E-state index in [1.165, 1.54) is 19.2 Å². The van der Waals surface area contributed by atoms with E-state index in [0.717, 1.165) is 11.8 Å². The summed E-state index contributed by atoms with van der Waals surface area (Å²) in [4.78, 5) is 47.6. The third-order valence-electron chi connectivity index (χ3n) is 2.90. The molecule has 0 radical (unpaired) electrons. The molecule has 1 aromatic rings. The van der Waals surface area contributed by atoms with Crippen molar-refractivity contribution >= 4 is 29.3 Å². The van der Waals surface area contributed by atoms with E-state index < -0.39 is 29.5 Å². The molecule has 1 atom stereocenters. The Bertz CT molecular complexity index is 593. The molecule has 0 saturated carbocycles. The van der Waals surface area contributed by atoms with Crippen LogP contribution in [-0.4, -0.2) is 30.7 Å². The van der Waals surface area contributed by atoms with Crippen LogP contribution in [0.2, 0.25) is 0 Å². The van der Waals surface area contributed by atoms with Crippen molar-refractivity contribution in [2.24, 2.45) is 5.92 Å². The van der Waals surface area contributed by atoms with E-state index in [1.807, 2.05) is 5.32 Å². The number of urea groups is 1. The molecule has 0 unspecified atom stereocenters. The Hall–Kier alpha value is -2.70. The van der Waals surface area contributed by atoms with E-state index in [9.17, 15) is 19.2 Å². The number of hydrogen-bond acceptors (Lipinski definition) is 5. The lowest BCUT2D eigenvalue weighted by atomic mass is 10.00. The zero-order valence-corrected chi connectivity index (χ0v) is 10.9. The molecule has 7 heteroatoms. The lowest BCUT2D eigenvalue weighted by Gasteiger charge is -2.28. The van der Waals surface area contributed by atoms with Crippen molar-refractivity contribution in [1.29, 1.82) is 0 Å². The molecule has 7 nitrogen and oxygen atoms in total. The van der Waals surface area contributed by atoms with Crippen LogP contribution in [0.4, 0.5) is 10.5 Å². The minimum atomic E-state index is -1.49. The monoisotopic (exact) mass is 276 g/mol. The quantitative estimate of drug-likeness (QED) is 0.811. The van der Waals surface area contributed by atoms with Crippen LogP contribution in [0.15, 0.2) is 24.3 Å². The van der Waals surface area contributed by atoms with Crippen molar-refractivity contribution in [2.45, 2.75) is 6.92 Å². The Labute approximate surface area is 114 Å². The topological polar surface area (TPSA) is 92.8 Å². The molecule has 1 aromatic carbocycles. The maximum Gasteiger partial charge on any atom is 0.335 e. The van der Waals surface area contributed by atoms with Crippen LogP contribution in [0.25, 0.3) is 0 Å². The van der Waals surface area contributed by atoms with Gasteiger partial charge in [-0.3, -0.25) is 19.7 Å². The van der Waals surface area contributed by atoms with Gasteiger partial charge < -0.3 is 4.74 Å². The standard InChI is InChI=1S/C13H12N2O5/c1-7(16)10-11(17)14-13(19)15(12(10)18)8-3-5-9(20-2)6-4-8/h3-6,10H,1-2H3,(H,14,17,19)/t10-/m1/s1. The number of carbonyl (C=O) groups is 4. The fourth-order valence-electron chi connectivity index (χ4n) is 1.91. The summed E-state index contributed by atoms with van der Waals surface area (Å²) in [5, 5.41) is 1.99. The Kier molecular flexibility index (Phi) is 3.51. The molecule has 4 amide bonds. The summed E-state index contributed by atoms with van der Waals surface area (Å²) in [6, 6.07) is 5.24. The molecule has 2 rings (SSSR count).